The van der Waals surface area contributed by atoms with E-state index in [1.54, 1.807) is 18.2 Å². The van der Waals surface area contributed by atoms with Crippen molar-refractivity contribution < 1.29 is 0 Å². The monoisotopic (exact) mass is 331 g/mol. The minimum Gasteiger partial charge on any atom is -0.354 e. The summed E-state index contributed by atoms with van der Waals surface area (Å²) in [5.41, 5.74) is 0.527. The molecule has 20 heavy (non-hydrogen) atoms. The Morgan fingerprint density at radius 3 is 2.30 bits per heavy atom. The molecule has 0 aliphatic carbocycles. The summed E-state index contributed by atoms with van der Waals surface area (Å²) in [6, 6.07) is 5.19. The van der Waals surface area contributed by atoms with Crippen LogP contribution in [0, 0.1) is 0 Å². The van der Waals surface area contributed by atoms with Crippen LogP contribution in [0.15, 0.2) is 18.2 Å². The summed E-state index contributed by atoms with van der Waals surface area (Å²) in [6.45, 7) is 2.78. The predicted molar refractivity (Wildman–Crippen MR) is 83.4 cm³/mol. The molecule has 2 aromatic rings. The van der Waals surface area contributed by atoms with Crippen LogP contribution < -0.4 is 10.6 Å². The molecule has 2 N–H and O–H groups in total. The highest BCUT2D eigenvalue weighted by Gasteiger charge is 2.09. The Morgan fingerprint density at radius 2 is 1.65 bits per heavy atom. The molecule has 106 valence electrons. The summed E-state index contributed by atoms with van der Waals surface area (Å²) < 4.78 is 0. The van der Waals surface area contributed by atoms with Gasteiger partial charge in [-0.25, -0.2) is 0 Å². The summed E-state index contributed by atoms with van der Waals surface area (Å²) in [4.78, 5) is 12.2. The average Bonchev–Trinajstić information content (AvgIpc) is 2.40. The third-order valence-electron chi connectivity index (χ3n) is 2.34. The van der Waals surface area contributed by atoms with Crippen LogP contribution in [-0.4, -0.2) is 21.5 Å². The molecule has 0 spiro atoms. The van der Waals surface area contributed by atoms with Crippen LogP contribution in [0.3, 0.4) is 0 Å². The first kappa shape index (κ1) is 15.1. The topological polar surface area (TPSA) is 62.7 Å². The van der Waals surface area contributed by atoms with Crippen molar-refractivity contribution in [1.82, 2.24) is 15.0 Å². The molecule has 0 fully saturated rings. The summed E-state index contributed by atoms with van der Waals surface area (Å²) in [5.74, 6) is 0.677. The molecule has 0 saturated carbocycles. The van der Waals surface area contributed by atoms with E-state index in [0.717, 1.165) is 13.0 Å². The van der Waals surface area contributed by atoms with Crippen molar-refractivity contribution in [1.29, 1.82) is 0 Å². The van der Waals surface area contributed by atoms with Gasteiger partial charge < -0.3 is 10.6 Å². The molecule has 0 aliphatic rings. The van der Waals surface area contributed by atoms with Gasteiger partial charge >= 0.3 is 0 Å². The quantitative estimate of drug-likeness (QED) is 0.850. The van der Waals surface area contributed by atoms with Crippen molar-refractivity contribution in [2.75, 3.05) is 17.2 Å². The SMILES string of the molecule is CCCNc1nc(Cl)nc(Nc2c(Cl)cccc2Cl)n1. The van der Waals surface area contributed by atoms with Crippen molar-refractivity contribution in [3.05, 3.63) is 33.5 Å². The Hall–Kier alpha value is -1.30. The van der Waals surface area contributed by atoms with Crippen molar-refractivity contribution in [2.45, 2.75) is 13.3 Å². The van der Waals surface area contributed by atoms with Gasteiger partial charge in [0.2, 0.25) is 17.2 Å². The lowest BCUT2D eigenvalue weighted by Gasteiger charge is -2.10. The van der Waals surface area contributed by atoms with E-state index in [2.05, 4.69) is 25.6 Å². The second-order valence-electron chi connectivity index (χ2n) is 3.90. The van der Waals surface area contributed by atoms with Gasteiger partial charge in [-0.15, -0.1) is 0 Å². The molecule has 0 aliphatic heterocycles. The minimum absolute atomic E-state index is 0.0873. The number of benzene rings is 1. The molecule has 0 atom stereocenters. The standard InChI is InChI=1S/C12H12Cl3N5/c1-2-6-16-11-18-10(15)19-12(20-11)17-9-7(13)4-3-5-8(9)14/h3-5H,2,6H2,1H3,(H2,16,17,18,19,20). The molecule has 1 aromatic carbocycles. The molecule has 5 nitrogen and oxygen atoms in total. The largest absolute Gasteiger partial charge is 0.354 e. The zero-order valence-corrected chi connectivity index (χ0v) is 12.9. The second kappa shape index (κ2) is 6.92. The van der Waals surface area contributed by atoms with Crippen LogP contribution in [0.4, 0.5) is 17.6 Å². The lowest BCUT2D eigenvalue weighted by atomic mass is 10.3. The van der Waals surface area contributed by atoms with Crippen molar-refractivity contribution >= 4 is 52.4 Å². The van der Waals surface area contributed by atoms with E-state index in [9.17, 15) is 0 Å². The molecule has 0 radical (unpaired) electrons. The maximum Gasteiger partial charge on any atom is 0.233 e. The zero-order valence-electron chi connectivity index (χ0n) is 10.6. The highest BCUT2D eigenvalue weighted by molar-refractivity contribution is 6.39. The summed E-state index contributed by atoms with van der Waals surface area (Å²) in [6.07, 6.45) is 0.947. The molecule has 0 amide bonds. The van der Waals surface area contributed by atoms with Gasteiger partial charge in [-0.3, -0.25) is 0 Å². The number of halogens is 3. The second-order valence-corrected chi connectivity index (χ2v) is 5.05. The van der Waals surface area contributed by atoms with Crippen LogP contribution in [0.1, 0.15) is 13.3 Å². The molecule has 2 rings (SSSR count). The van der Waals surface area contributed by atoms with Gasteiger partial charge in [0.25, 0.3) is 0 Å². The number of hydrogen-bond donors (Lipinski definition) is 2. The van der Waals surface area contributed by atoms with Gasteiger partial charge in [-0.2, -0.15) is 15.0 Å². The Bertz CT molecular complexity index is 585. The molecule has 1 heterocycles. The normalized spacial score (nSPS) is 10.4. The third kappa shape index (κ3) is 3.85. The van der Waals surface area contributed by atoms with Gasteiger partial charge in [0.15, 0.2) is 0 Å². The van der Waals surface area contributed by atoms with Crippen LogP contribution in [0.25, 0.3) is 0 Å². The summed E-state index contributed by atoms with van der Waals surface area (Å²) >= 11 is 18.0. The Morgan fingerprint density at radius 1 is 1.00 bits per heavy atom. The van der Waals surface area contributed by atoms with Crippen molar-refractivity contribution in [3.63, 3.8) is 0 Å². The lowest BCUT2D eigenvalue weighted by Crippen LogP contribution is -2.08. The fourth-order valence-electron chi connectivity index (χ4n) is 1.45. The number of anilines is 3. The van der Waals surface area contributed by atoms with Crippen LogP contribution in [-0.2, 0) is 0 Å². The van der Waals surface area contributed by atoms with E-state index in [-0.39, 0.29) is 11.2 Å². The highest BCUT2D eigenvalue weighted by Crippen LogP contribution is 2.31. The molecule has 8 heteroatoms. The average molecular weight is 333 g/mol. The number of nitrogens with one attached hydrogen (secondary N) is 2. The fourth-order valence-corrected chi connectivity index (χ4v) is 2.10. The van der Waals surface area contributed by atoms with E-state index in [1.807, 2.05) is 6.92 Å². The van der Waals surface area contributed by atoms with Gasteiger partial charge in [-0.05, 0) is 30.2 Å². The molecule has 0 bridgehead atoms. The van der Waals surface area contributed by atoms with Crippen LogP contribution in [0.2, 0.25) is 15.3 Å². The number of rotatable bonds is 5. The summed E-state index contributed by atoms with van der Waals surface area (Å²) in [5, 5.41) is 7.01. The van der Waals surface area contributed by atoms with Gasteiger partial charge in [0, 0.05) is 6.54 Å². The molecular formula is C12H12Cl3N5. The summed E-state index contributed by atoms with van der Waals surface area (Å²) in [7, 11) is 0. The molecule has 0 unspecified atom stereocenters. The van der Waals surface area contributed by atoms with Gasteiger partial charge in [-0.1, -0.05) is 36.2 Å². The number of hydrogen-bond acceptors (Lipinski definition) is 5. The first-order chi connectivity index (χ1) is 9.60. The first-order valence-corrected chi connectivity index (χ1v) is 7.10. The number of aromatic nitrogens is 3. The Balaban J connectivity index is 2.27. The van der Waals surface area contributed by atoms with Gasteiger partial charge in [0.05, 0.1) is 15.7 Å². The Kier molecular flexibility index (Phi) is 5.23. The maximum atomic E-state index is 6.08. The van der Waals surface area contributed by atoms with E-state index >= 15 is 0 Å². The lowest BCUT2D eigenvalue weighted by molar-refractivity contribution is 0.940. The van der Waals surface area contributed by atoms with E-state index in [0.29, 0.717) is 21.7 Å². The fraction of sp³-hybridized carbons (Fsp3) is 0.250. The van der Waals surface area contributed by atoms with Gasteiger partial charge in [0.1, 0.15) is 0 Å². The highest BCUT2D eigenvalue weighted by atomic mass is 35.5. The minimum atomic E-state index is 0.0873. The maximum absolute atomic E-state index is 6.08. The van der Waals surface area contributed by atoms with Crippen molar-refractivity contribution in [3.8, 4) is 0 Å². The van der Waals surface area contributed by atoms with Crippen LogP contribution in [0.5, 0.6) is 0 Å². The number of para-hydroxylation sites is 1. The Labute approximate surface area is 131 Å². The van der Waals surface area contributed by atoms with E-state index in [1.165, 1.54) is 0 Å². The van der Waals surface area contributed by atoms with E-state index in [4.69, 9.17) is 34.8 Å². The van der Waals surface area contributed by atoms with Crippen LogP contribution >= 0.6 is 34.8 Å². The first-order valence-electron chi connectivity index (χ1n) is 5.96. The molecular weight excluding hydrogens is 321 g/mol. The zero-order chi connectivity index (χ0) is 14.5. The van der Waals surface area contributed by atoms with Crippen molar-refractivity contribution in [2.24, 2.45) is 0 Å². The predicted octanol–water partition coefficient (Wildman–Crippen LogP) is 4.40. The third-order valence-corrected chi connectivity index (χ3v) is 3.14. The smallest absolute Gasteiger partial charge is 0.233 e. The van der Waals surface area contributed by atoms with E-state index < -0.39 is 0 Å². The molecule has 1 aromatic heterocycles. The number of nitrogens with zero attached hydrogens (tertiary/aromatic N) is 3. The molecule has 0 saturated heterocycles.